The number of rotatable bonds is 3. The second kappa shape index (κ2) is 4.77. The molecule has 0 fully saturated rings. The summed E-state index contributed by atoms with van der Waals surface area (Å²) in [7, 11) is 0. The van der Waals surface area contributed by atoms with Crippen LogP contribution in [-0.4, -0.2) is 11.1 Å². The summed E-state index contributed by atoms with van der Waals surface area (Å²) >= 11 is 3.40. The summed E-state index contributed by atoms with van der Waals surface area (Å²) in [4.78, 5) is 10.6. The van der Waals surface area contributed by atoms with E-state index in [0.29, 0.717) is 0 Å². The molecule has 3 N–H and O–H groups in total. The van der Waals surface area contributed by atoms with Gasteiger partial charge >= 0.3 is 5.97 Å². The van der Waals surface area contributed by atoms with Crippen LogP contribution < -0.4 is 5.73 Å². The van der Waals surface area contributed by atoms with Crippen molar-refractivity contribution in [2.75, 3.05) is 0 Å². The largest absolute Gasteiger partial charge is 0.481 e. The SMILES string of the molecule is Cc1ccc(Br)c(C(N)CC(=O)O)c1C. The fourth-order valence-electron chi connectivity index (χ4n) is 1.55. The topological polar surface area (TPSA) is 63.3 Å². The molecule has 0 aromatic heterocycles. The highest BCUT2D eigenvalue weighted by molar-refractivity contribution is 9.10. The van der Waals surface area contributed by atoms with E-state index in [2.05, 4.69) is 15.9 Å². The molecular formula is C11H14BrNO2. The lowest BCUT2D eigenvalue weighted by atomic mass is 9.96. The van der Waals surface area contributed by atoms with Crippen LogP contribution in [0.2, 0.25) is 0 Å². The standard InChI is InChI=1S/C11H14BrNO2/c1-6-3-4-8(12)11(7(6)2)9(13)5-10(14)15/h3-4,9H,5,13H2,1-2H3,(H,14,15). The number of carboxylic acids is 1. The first-order chi connectivity index (χ1) is 6.93. The second-order valence-corrected chi connectivity index (χ2v) is 4.46. The van der Waals surface area contributed by atoms with Crippen molar-refractivity contribution in [1.29, 1.82) is 0 Å². The smallest absolute Gasteiger partial charge is 0.305 e. The molecule has 0 aliphatic heterocycles. The van der Waals surface area contributed by atoms with Gasteiger partial charge in [0.05, 0.1) is 6.42 Å². The van der Waals surface area contributed by atoms with Gasteiger partial charge in [-0.2, -0.15) is 0 Å². The van der Waals surface area contributed by atoms with Crippen LogP contribution >= 0.6 is 15.9 Å². The number of nitrogens with two attached hydrogens (primary N) is 1. The first-order valence-corrected chi connectivity index (χ1v) is 5.45. The van der Waals surface area contributed by atoms with Crippen LogP contribution in [0.5, 0.6) is 0 Å². The second-order valence-electron chi connectivity index (χ2n) is 3.61. The fourth-order valence-corrected chi connectivity index (χ4v) is 2.27. The van der Waals surface area contributed by atoms with Crippen molar-refractivity contribution in [2.45, 2.75) is 26.3 Å². The predicted molar refractivity (Wildman–Crippen MR) is 62.8 cm³/mol. The predicted octanol–water partition coefficient (Wildman–Crippen LogP) is 2.54. The lowest BCUT2D eigenvalue weighted by Crippen LogP contribution is -2.17. The van der Waals surface area contributed by atoms with Crippen molar-refractivity contribution in [3.05, 3.63) is 33.3 Å². The highest BCUT2D eigenvalue weighted by Gasteiger charge is 2.16. The third-order valence-electron chi connectivity index (χ3n) is 2.50. The van der Waals surface area contributed by atoms with E-state index in [1.165, 1.54) is 0 Å². The monoisotopic (exact) mass is 271 g/mol. The van der Waals surface area contributed by atoms with E-state index >= 15 is 0 Å². The van der Waals surface area contributed by atoms with Gasteiger partial charge in [0.1, 0.15) is 0 Å². The molecule has 15 heavy (non-hydrogen) atoms. The summed E-state index contributed by atoms with van der Waals surface area (Å²) in [6.07, 6.45) is -0.0527. The molecule has 1 atom stereocenters. The normalized spacial score (nSPS) is 12.5. The molecule has 0 aliphatic carbocycles. The minimum atomic E-state index is -0.879. The van der Waals surface area contributed by atoms with Crippen molar-refractivity contribution in [1.82, 2.24) is 0 Å². The molecule has 0 bridgehead atoms. The molecular weight excluding hydrogens is 258 g/mol. The van der Waals surface area contributed by atoms with Gasteiger partial charge in [-0.15, -0.1) is 0 Å². The van der Waals surface area contributed by atoms with Gasteiger partial charge < -0.3 is 10.8 Å². The van der Waals surface area contributed by atoms with Gasteiger partial charge in [0.2, 0.25) is 0 Å². The number of hydrogen-bond acceptors (Lipinski definition) is 2. The summed E-state index contributed by atoms with van der Waals surface area (Å²) in [6.45, 7) is 3.94. The minimum Gasteiger partial charge on any atom is -0.481 e. The Morgan fingerprint density at radius 3 is 2.67 bits per heavy atom. The molecule has 1 unspecified atom stereocenters. The zero-order valence-electron chi connectivity index (χ0n) is 8.75. The maximum atomic E-state index is 10.6. The number of aryl methyl sites for hydroxylation is 1. The van der Waals surface area contributed by atoms with Crippen molar-refractivity contribution in [3.8, 4) is 0 Å². The molecule has 0 spiro atoms. The molecule has 0 saturated carbocycles. The van der Waals surface area contributed by atoms with Crippen molar-refractivity contribution in [2.24, 2.45) is 5.73 Å². The zero-order chi connectivity index (χ0) is 11.6. The molecule has 1 aromatic carbocycles. The Morgan fingerprint density at radius 1 is 1.53 bits per heavy atom. The number of benzene rings is 1. The Hall–Kier alpha value is -0.870. The van der Waals surface area contributed by atoms with Gasteiger partial charge in [-0.3, -0.25) is 4.79 Å². The maximum absolute atomic E-state index is 10.6. The highest BCUT2D eigenvalue weighted by Crippen LogP contribution is 2.29. The minimum absolute atomic E-state index is 0.0527. The third kappa shape index (κ3) is 2.79. The van der Waals surface area contributed by atoms with Crippen LogP contribution in [0.1, 0.15) is 29.2 Å². The number of carbonyl (C=O) groups is 1. The van der Waals surface area contributed by atoms with E-state index in [1.54, 1.807) is 0 Å². The zero-order valence-corrected chi connectivity index (χ0v) is 10.3. The van der Waals surface area contributed by atoms with Crippen LogP contribution in [0.15, 0.2) is 16.6 Å². The lowest BCUT2D eigenvalue weighted by molar-refractivity contribution is -0.137. The van der Waals surface area contributed by atoms with Gasteiger partial charge in [-0.05, 0) is 36.6 Å². The lowest BCUT2D eigenvalue weighted by Gasteiger charge is -2.16. The Bertz CT molecular complexity index is 390. The van der Waals surface area contributed by atoms with Gasteiger partial charge in [0, 0.05) is 10.5 Å². The van der Waals surface area contributed by atoms with Crippen LogP contribution in [-0.2, 0) is 4.79 Å². The average molecular weight is 272 g/mol. The summed E-state index contributed by atoms with van der Waals surface area (Å²) in [5, 5.41) is 8.70. The van der Waals surface area contributed by atoms with E-state index in [4.69, 9.17) is 10.8 Å². The third-order valence-corrected chi connectivity index (χ3v) is 3.19. The molecule has 1 rings (SSSR count). The van der Waals surface area contributed by atoms with E-state index in [-0.39, 0.29) is 6.42 Å². The van der Waals surface area contributed by atoms with E-state index in [1.807, 2.05) is 26.0 Å². The Morgan fingerprint density at radius 2 is 2.13 bits per heavy atom. The molecule has 82 valence electrons. The van der Waals surface area contributed by atoms with Crippen LogP contribution in [0, 0.1) is 13.8 Å². The van der Waals surface area contributed by atoms with Crippen molar-refractivity contribution >= 4 is 21.9 Å². The van der Waals surface area contributed by atoms with Crippen molar-refractivity contribution in [3.63, 3.8) is 0 Å². The Balaban J connectivity index is 3.12. The van der Waals surface area contributed by atoms with Gasteiger partial charge in [0.15, 0.2) is 0 Å². The highest BCUT2D eigenvalue weighted by atomic mass is 79.9. The van der Waals surface area contributed by atoms with Crippen LogP contribution in [0.4, 0.5) is 0 Å². The Kier molecular flexibility index (Phi) is 3.88. The number of hydrogen-bond donors (Lipinski definition) is 2. The maximum Gasteiger partial charge on any atom is 0.305 e. The molecule has 0 heterocycles. The van der Waals surface area contributed by atoms with E-state index < -0.39 is 12.0 Å². The molecule has 0 amide bonds. The number of carboxylic acid groups (broad SMARTS) is 1. The molecule has 1 aromatic rings. The molecule has 4 heteroatoms. The summed E-state index contributed by atoms with van der Waals surface area (Å²) in [5.74, 6) is -0.879. The van der Waals surface area contributed by atoms with Crippen molar-refractivity contribution < 1.29 is 9.90 Å². The summed E-state index contributed by atoms with van der Waals surface area (Å²) in [5.41, 5.74) is 8.92. The summed E-state index contributed by atoms with van der Waals surface area (Å²) < 4.78 is 0.874. The van der Waals surface area contributed by atoms with E-state index in [9.17, 15) is 4.79 Å². The summed E-state index contributed by atoms with van der Waals surface area (Å²) in [6, 6.07) is 3.42. The fraction of sp³-hybridized carbons (Fsp3) is 0.364. The quantitative estimate of drug-likeness (QED) is 0.888. The molecule has 0 saturated heterocycles. The molecule has 0 radical (unpaired) electrons. The van der Waals surface area contributed by atoms with Gasteiger partial charge in [0.25, 0.3) is 0 Å². The number of aliphatic carboxylic acids is 1. The van der Waals surface area contributed by atoms with Crippen LogP contribution in [0.3, 0.4) is 0 Å². The first kappa shape index (κ1) is 12.2. The Labute approximate surface area is 97.4 Å². The molecule has 0 aliphatic rings. The van der Waals surface area contributed by atoms with Gasteiger partial charge in [-0.1, -0.05) is 22.0 Å². The molecule has 3 nitrogen and oxygen atoms in total. The van der Waals surface area contributed by atoms with Crippen LogP contribution in [0.25, 0.3) is 0 Å². The number of halogens is 1. The average Bonchev–Trinajstić information content (AvgIpc) is 2.11. The first-order valence-electron chi connectivity index (χ1n) is 4.66. The van der Waals surface area contributed by atoms with E-state index in [0.717, 1.165) is 21.2 Å². The van der Waals surface area contributed by atoms with Gasteiger partial charge in [-0.25, -0.2) is 0 Å².